The van der Waals surface area contributed by atoms with Gasteiger partial charge in [0.05, 0.1) is 7.11 Å². The minimum atomic E-state index is -0.701. The molecule has 0 radical (unpaired) electrons. The monoisotopic (exact) mass is 287 g/mol. The first-order valence-corrected chi connectivity index (χ1v) is 6.45. The van der Waals surface area contributed by atoms with Gasteiger partial charge < -0.3 is 15.4 Å². The van der Waals surface area contributed by atoms with E-state index in [1.807, 2.05) is 6.92 Å². The van der Waals surface area contributed by atoms with Crippen LogP contribution < -0.4 is 10.6 Å². The third-order valence-corrected chi connectivity index (χ3v) is 2.55. The number of anilines is 2. The molecule has 0 aliphatic carbocycles. The Hall–Kier alpha value is -2.81. The van der Waals surface area contributed by atoms with Crippen molar-refractivity contribution in [2.24, 2.45) is 0 Å². The summed E-state index contributed by atoms with van der Waals surface area (Å²) in [5.74, 6) is -0.732. The molecule has 1 rings (SSSR count). The number of methoxy groups -OCH3 is 1. The molecule has 0 saturated carbocycles. The number of esters is 1. The highest BCUT2D eigenvalue weighted by Gasteiger charge is 2.07. The van der Waals surface area contributed by atoms with Crippen molar-refractivity contribution in [3.8, 4) is 6.07 Å². The smallest absolute Gasteiger partial charge is 0.350 e. The fraction of sp³-hybridized carbons (Fsp3) is 0.267. The van der Waals surface area contributed by atoms with E-state index in [0.717, 1.165) is 6.42 Å². The number of carbonyl (C=O) groups is 2. The zero-order valence-electron chi connectivity index (χ0n) is 12.0. The first kappa shape index (κ1) is 16.2. The van der Waals surface area contributed by atoms with Gasteiger partial charge in [0.15, 0.2) is 5.57 Å². The van der Waals surface area contributed by atoms with Crippen molar-refractivity contribution < 1.29 is 14.3 Å². The van der Waals surface area contributed by atoms with Crippen LogP contribution in [0.5, 0.6) is 0 Å². The van der Waals surface area contributed by atoms with E-state index in [1.54, 1.807) is 30.3 Å². The average Bonchev–Trinajstić information content (AvgIpc) is 2.49. The number of benzene rings is 1. The predicted molar refractivity (Wildman–Crippen MR) is 79.3 cm³/mol. The molecule has 0 saturated heterocycles. The maximum Gasteiger partial charge on any atom is 0.350 e. The second-order valence-corrected chi connectivity index (χ2v) is 4.18. The molecule has 1 aromatic carbocycles. The summed E-state index contributed by atoms with van der Waals surface area (Å²) in [5, 5.41) is 14.4. The molecule has 21 heavy (non-hydrogen) atoms. The molecule has 0 heterocycles. The molecule has 6 nitrogen and oxygen atoms in total. The zero-order valence-corrected chi connectivity index (χ0v) is 12.0. The number of rotatable bonds is 6. The number of hydrogen-bond donors (Lipinski definition) is 2. The molecule has 1 aromatic rings. The van der Waals surface area contributed by atoms with E-state index in [2.05, 4.69) is 15.4 Å². The number of nitrogens with zero attached hydrogens (tertiary/aromatic N) is 1. The Balaban J connectivity index is 2.67. The summed E-state index contributed by atoms with van der Waals surface area (Å²) in [6, 6.07) is 8.65. The number of nitrogens with one attached hydrogen (secondary N) is 2. The topological polar surface area (TPSA) is 91.2 Å². The van der Waals surface area contributed by atoms with Gasteiger partial charge in [-0.3, -0.25) is 4.79 Å². The summed E-state index contributed by atoms with van der Waals surface area (Å²) >= 11 is 0. The average molecular weight is 287 g/mol. The summed E-state index contributed by atoms with van der Waals surface area (Å²) in [7, 11) is 1.21. The molecule has 0 unspecified atom stereocenters. The fourth-order valence-electron chi connectivity index (χ4n) is 1.50. The third-order valence-electron chi connectivity index (χ3n) is 2.55. The highest BCUT2D eigenvalue weighted by atomic mass is 16.5. The summed E-state index contributed by atoms with van der Waals surface area (Å²) < 4.78 is 4.46. The van der Waals surface area contributed by atoms with Crippen LogP contribution in [0.2, 0.25) is 0 Å². The summed E-state index contributed by atoms with van der Waals surface area (Å²) in [5.41, 5.74) is 1.24. The van der Waals surface area contributed by atoms with E-state index in [1.165, 1.54) is 13.3 Å². The number of ether oxygens (including phenoxy) is 1. The van der Waals surface area contributed by atoms with Gasteiger partial charge in [0, 0.05) is 24.0 Å². The maximum absolute atomic E-state index is 11.4. The van der Waals surface area contributed by atoms with Crippen molar-refractivity contribution in [1.82, 2.24) is 0 Å². The van der Waals surface area contributed by atoms with Crippen molar-refractivity contribution in [3.05, 3.63) is 36.0 Å². The van der Waals surface area contributed by atoms with E-state index < -0.39 is 5.97 Å². The van der Waals surface area contributed by atoms with E-state index in [9.17, 15) is 9.59 Å². The Morgan fingerprint density at radius 2 is 1.90 bits per heavy atom. The van der Waals surface area contributed by atoms with Crippen LogP contribution in [0.25, 0.3) is 0 Å². The molecule has 2 N–H and O–H groups in total. The van der Waals surface area contributed by atoms with Gasteiger partial charge in [-0.05, 0) is 30.7 Å². The second-order valence-electron chi connectivity index (χ2n) is 4.18. The first-order chi connectivity index (χ1) is 10.1. The van der Waals surface area contributed by atoms with Crippen LogP contribution >= 0.6 is 0 Å². The van der Waals surface area contributed by atoms with Crippen molar-refractivity contribution in [3.63, 3.8) is 0 Å². The Bertz CT molecular complexity index is 571. The largest absolute Gasteiger partial charge is 0.465 e. The molecule has 1 amide bonds. The van der Waals surface area contributed by atoms with Gasteiger partial charge in [-0.1, -0.05) is 6.92 Å². The van der Waals surface area contributed by atoms with Gasteiger partial charge in [0.2, 0.25) is 5.91 Å². The Morgan fingerprint density at radius 3 is 2.43 bits per heavy atom. The van der Waals surface area contributed by atoms with Gasteiger partial charge in [0.25, 0.3) is 0 Å². The molecule has 0 bridgehead atoms. The number of hydrogen-bond acceptors (Lipinski definition) is 5. The summed E-state index contributed by atoms with van der Waals surface area (Å²) in [4.78, 5) is 22.6. The van der Waals surface area contributed by atoms with Gasteiger partial charge >= 0.3 is 5.97 Å². The minimum absolute atomic E-state index is 0.0319. The maximum atomic E-state index is 11.4. The van der Waals surface area contributed by atoms with Crippen LogP contribution in [-0.2, 0) is 14.3 Å². The first-order valence-electron chi connectivity index (χ1n) is 6.45. The standard InChI is InChI=1S/C15H17N3O3/c1-3-4-14(19)18-13-7-5-12(6-8-13)17-10-11(9-16)15(20)21-2/h5-8,10,17H,3-4H2,1-2H3,(H,18,19)/b11-10-. The van der Waals surface area contributed by atoms with Gasteiger partial charge in [-0.2, -0.15) is 5.26 Å². The van der Waals surface area contributed by atoms with Crippen LogP contribution in [0.1, 0.15) is 19.8 Å². The molecular weight excluding hydrogens is 270 g/mol. The molecule has 0 atom stereocenters. The van der Waals surface area contributed by atoms with Gasteiger partial charge in [-0.25, -0.2) is 4.79 Å². The lowest BCUT2D eigenvalue weighted by Gasteiger charge is -2.06. The molecule has 6 heteroatoms. The van der Waals surface area contributed by atoms with E-state index in [0.29, 0.717) is 17.8 Å². The third kappa shape index (κ3) is 5.37. The molecule has 0 fully saturated rings. The predicted octanol–water partition coefficient (Wildman–Crippen LogP) is 2.42. The number of nitriles is 1. The van der Waals surface area contributed by atoms with Crippen molar-refractivity contribution in [1.29, 1.82) is 5.26 Å². The van der Waals surface area contributed by atoms with Crippen molar-refractivity contribution in [2.45, 2.75) is 19.8 Å². The van der Waals surface area contributed by atoms with E-state index in [-0.39, 0.29) is 11.5 Å². The lowest BCUT2D eigenvalue weighted by atomic mass is 10.2. The molecule has 0 aliphatic rings. The quantitative estimate of drug-likeness (QED) is 0.476. The van der Waals surface area contributed by atoms with Crippen LogP contribution in [0.3, 0.4) is 0 Å². The van der Waals surface area contributed by atoms with Crippen LogP contribution in [0.4, 0.5) is 11.4 Å². The van der Waals surface area contributed by atoms with Gasteiger partial charge in [-0.15, -0.1) is 0 Å². The SMILES string of the molecule is CCCC(=O)Nc1ccc(N/C=C(/C#N)C(=O)OC)cc1. The summed E-state index contributed by atoms with van der Waals surface area (Å²) in [6.45, 7) is 1.94. The van der Waals surface area contributed by atoms with Crippen LogP contribution in [-0.4, -0.2) is 19.0 Å². The molecule has 0 aliphatic heterocycles. The van der Waals surface area contributed by atoms with Crippen molar-refractivity contribution in [2.75, 3.05) is 17.7 Å². The lowest BCUT2D eigenvalue weighted by molar-refractivity contribution is -0.135. The van der Waals surface area contributed by atoms with Gasteiger partial charge in [0.1, 0.15) is 6.07 Å². The second kappa shape index (κ2) is 8.38. The normalized spacial score (nSPS) is 10.4. The van der Waals surface area contributed by atoms with Crippen LogP contribution in [0, 0.1) is 11.3 Å². The van der Waals surface area contributed by atoms with Crippen LogP contribution in [0.15, 0.2) is 36.0 Å². The van der Waals surface area contributed by atoms with E-state index in [4.69, 9.17) is 5.26 Å². The highest BCUT2D eigenvalue weighted by Crippen LogP contribution is 2.14. The Morgan fingerprint density at radius 1 is 1.29 bits per heavy atom. The summed E-state index contributed by atoms with van der Waals surface area (Å²) in [6.07, 6.45) is 2.55. The molecule has 110 valence electrons. The highest BCUT2D eigenvalue weighted by molar-refractivity contribution is 5.93. The zero-order chi connectivity index (χ0) is 15.7. The molecular formula is C15H17N3O3. The Labute approximate surface area is 123 Å². The van der Waals surface area contributed by atoms with E-state index >= 15 is 0 Å². The molecule has 0 aromatic heterocycles. The lowest BCUT2D eigenvalue weighted by Crippen LogP contribution is -2.10. The Kier molecular flexibility index (Phi) is 6.48. The van der Waals surface area contributed by atoms with Crippen molar-refractivity contribution >= 4 is 23.3 Å². The molecule has 0 spiro atoms. The number of amides is 1. The number of carbonyl (C=O) groups excluding carboxylic acids is 2. The minimum Gasteiger partial charge on any atom is -0.465 e. The fourth-order valence-corrected chi connectivity index (χ4v) is 1.50.